The highest BCUT2D eigenvalue weighted by Gasteiger charge is 2.06. The van der Waals surface area contributed by atoms with Gasteiger partial charge in [-0.05, 0) is 18.6 Å². The zero-order chi connectivity index (χ0) is 13.0. The Morgan fingerprint density at radius 2 is 2.22 bits per heavy atom. The van der Waals surface area contributed by atoms with E-state index in [-0.39, 0.29) is 5.91 Å². The van der Waals surface area contributed by atoms with E-state index in [0.717, 1.165) is 16.3 Å². The van der Waals surface area contributed by atoms with Crippen molar-refractivity contribution in [2.75, 3.05) is 5.73 Å². The van der Waals surface area contributed by atoms with E-state index in [4.69, 9.17) is 5.73 Å². The van der Waals surface area contributed by atoms with Crippen molar-refractivity contribution in [3.05, 3.63) is 45.9 Å². The Bertz CT molecular complexity index is 551. The number of nitrogens with zero attached hydrogens (tertiary/aromatic N) is 1. The molecule has 94 valence electrons. The minimum Gasteiger partial charge on any atom is -0.398 e. The summed E-state index contributed by atoms with van der Waals surface area (Å²) in [5.41, 5.74) is 8.19. The number of para-hydroxylation sites is 1. The van der Waals surface area contributed by atoms with Gasteiger partial charge >= 0.3 is 0 Å². The van der Waals surface area contributed by atoms with Gasteiger partial charge in [0, 0.05) is 11.1 Å². The summed E-state index contributed by atoms with van der Waals surface area (Å²) in [4.78, 5) is 16.0. The first-order valence-corrected chi connectivity index (χ1v) is 6.54. The SMILES string of the molecule is Cc1nc(CNC(=O)Cc2ccccc2N)cs1. The van der Waals surface area contributed by atoms with Crippen LogP contribution in [0.5, 0.6) is 0 Å². The second-order valence-corrected chi connectivity index (χ2v) is 5.07. The average Bonchev–Trinajstić information content (AvgIpc) is 2.76. The maximum atomic E-state index is 11.8. The van der Waals surface area contributed by atoms with Crippen molar-refractivity contribution in [3.8, 4) is 0 Å². The van der Waals surface area contributed by atoms with E-state index in [2.05, 4.69) is 10.3 Å². The quantitative estimate of drug-likeness (QED) is 0.826. The minimum absolute atomic E-state index is 0.0430. The van der Waals surface area contributed by atoms with Gasteiger partial charge in [0.1, 0.15) is 0 Å². The van der Waals surface area contributed by atoms with E-state index >= 15 is 0 Å². The van der Waals surface area contributed by atoms with Crippen LogP contribution in [0, 0.1) is 6.92 Å². The maximum Gasteiger partial charge on any atom is 0.224 e. The summed E-state index contributed by atoms with van der Waals surface area (Å²) in [5.74, 6) is -0.0430. The zero-order valence-electron chi connectivity index (χ0n) is 10.1. The molecule has 1 amide bonds. The lowest BCUT2D eigenvalue weighted by molar-refractivity contribution is -0.120. The monoisotopic (exact) mass is 261 g/mol. The molecule has 4 nitrogen and oxygen atoms in total. The van der Waals surface area contributed by atoms with E-state index < -0.39 is 0 Å². The molecule has 0 radical (unpaired) electrons. The van der Waals surface area contributed by atoms with Gasteiger partial charge in [0.2, 0.25) is 5.91 Å². The Labute approximate surface area is 110 Å². The first-order chi connectivity index (χ1) is 8.65. The van der Waals surface area contributed by atoms with Gasteiger partial charge in [-0.2, -0.15) is 0 Å². The fraction of sp³-hybridized carbons (Fsp3) is 0.231. The maximum absolute atomic E-state index is 11.8. The van der Waals surface area contributed by atoms with Gasteiger partial charge in [-0.1, -0.05) is 18.2 Å². The molecule has 0 fully saturated rings. The standard InChI is InChI=1S/C13H15N3OS/c1-9-16-11(8-18-9)7-15-13(17)6-10-4-2-3-5-12(10)14/h2-5,8H,6-7,14H2,1H3,(H,15,17). The number of nitrogens with one attached hydrogen (secondary N) is 1. The van der Waals surface area contributed by atoms with E-state index in [1.54, 1.807) is 17.4 Å². The van der Waals surface area contributed by atoms with Crippen molar-refractivity contribution in [3.63, 3.8) is 0 Å². The van der Waals surface area contributed by atoms with Crippen LogP contribution in [0.1, 0.15) is 16.3 Å². The van der Waals surface area contributed by atoms with Gasteiger partial charge in [-0.25, -0.2) is 4.98 Å². The number of amides is 1. The average molecular weight is 261 g/mol. The number of carbonyl (C=O) groups is 1. The van der Waals surface area contributed by atoms with Crippen molar-refractivity contribution >= 4 is 22.9 Å². The van der Waals surface area contributed by atoms with E-state index in [1.807, 2.05) is 30.5 Å². The molecule has 0 spiro atoms. The molecule has 0 atom stereocenters. The lowest BCUT2D eigenvalue weighted by Crippen LogP contribution is -2.25. The van der Waals surface area contributed by atoms with Gasteiger partial charge in [0.25, 0.3) is 0 Å². The summed E-state index contributed by atoms with van der Waals surface area (Å²) in [6, 6.07) is 7.39. The molecule has 0 aliphatic heterocycles. The number of benzene rings is 1. The van der Waals surface area contributed by atoms with Crippen molar-refractivity contribution in [1.29, 1.82) is 0 Å². The van der Waals surface area contributed by atoms with E-state index in [1.165, 1.54) is 0 Å². The minimum atomic E-state index is -0.0430. The molecule has 3 N–H and O–H groups in total. The van der Waals surface area contributed by atoms with E-state index in [0.29, 0.717) is 18.7 Å². The Kier molecular flexibility index (Phi) is 3.94. The summed E-state index contributed by atoms with van der Waals surface area (Å²) < 4.78 is 0. The van der Waals surface area contributed by atoms with Crippen LogP contribution in [0.25, 0.3) is 0 Å². The molecule has 1 aromatic carbocycles. The van der Waals surface area contributed by atoms with Crippen molar-refractivity contribution in [2.45, 2.75) is 19.9 Å². The highest BCUT2D eigenvalue weighted by Crippen LogP contribution is 2.11. The number of aromatic nitrogens is 1. The molecule has 5 heteroatoms. The lowest BCUT2D eigenvalue weighted by atomic mass is 10.1. The summed E-state index contributed by atoms with van der Waals surface area (Å²) >= 11 is 1.58. The number of nitrogen functional groups attached to an aromatic ring is 1. The Hall–Kier alpha value is -1.88. The number of carbonyl (C=O) groups excluding carboxylic acids is 1. The molecule has 0 saturated carbocycles. The summed E-state index contributed by atoms with van der Waals surface area (Å²) in [5, 5.41) is 5.79. The highest BCUT2D eigenvalue weighted by atomic mass is 32.1. The number of anilines is 1. The summed E-state index contributed by atoms with van der Waals surface area (Å²) in [6.07, 6.45) is 0.301. The number of hydrogen-bond acceptors (Lipinski definition) is 4. The van der Waals surface area contributed by atoms with Crippen LogP contribution in [0.4, 0.5) is 5.69 Å². The van der Waals surface area contributed by atoms with Gasteiger partial charge < -0.3 is 11.1 Å². The zero-order valence-corrected chi connectivity index (χ0v) is 11.0. The molecule has 1 heterocycles. The molecule has 2 aromatic rings. The van der Waals surface area contributed by atoms with Gasteiger partial charge in [0.15, 0.2) is 0 Å². The number of hydrogen-bond donors (Lipinski definition) is 2. The van der Waals surface area contributed by atoms with Gasteiger partial charge in [-0.3, -0.25) is 4.79 Å². The number of thiazole rings is 1. The number of aryl methyl sites for hydroxylation is 1. The van der Waals surface area contributed by atoms with Crippen LogP contribution in [0.3, 0.4) is 0 Å². The predicted molar refractivity (Wildman–Crippen MR) is 73.3 cm³/mol. The van der Waals surface area contributed by atoms with Crippen molar-refractivity contribution in [1.82, 2.24) is 10.3 Å². The third kappa shape index (κ3) is 3.30. The normalized spacial score (nSPS) is 10.3. The molecule has 0 unspecified atom stereocenters. The number of nitrogens with two attached hydrogens (primary N) is 1. The first kappa shape index (κ1) is 12.6. The summed E-state index contributed by atoms with van der Waals surface area (Å²) in [6.45, 7) is 2.41. The van der Waals surface area contributed by atoms with Crippen LogP contribution >= 0.6 is 11.3 Å². The Balaban J connectivity index is 1.88. The lowest BCUT2D eigenvalue weighted by Gasteiger charge is -2.05. The van der Waals surface area contributed by atoms with Crippen LogP contribution in [0.2, 0.25) is 0 Å². The molecule has 0 saturated heterocycles. The largest absolute Gasteiger partial charge is 0.398 e. The fourth-order valence-electron chi connectivity index (χ4n) is 1.61. The van der Waals surface area contributed by atoms with Gasteiger partial charge in [0.05, 0.1) is 23.7 Å². The highest BCUT2D eigenvalue weighted by molar-refractivity contribution is 7.09. The smallest absolute Gasteiger partial charge is 0.224 e. The molecular formula is C13H15N3OS. The third-order valence-corrected chi connectivity index (χ3v) is 3.36. The van der Waals surface area contributed by atoms with Crippen molar-refractivity contribution < 1.29 is 4.79 Å². The predicted octanol–water partition coefficient (Wildman–Crippen LogP) is 1.89. The molecule has 1 aromatic heterocycles. The second kappa shape index (κ2) is 5.64. The molecular weight excluding hydrogens is 246 g/mol. The topological polar surface area (TPSA) is 68.0 Å². The van der Waals surface area contributed by atoms with Crippen LogP contribution in [0.15, 0.2) is 29.6 Å². The molecule has 18 heavy (non-hydrogen) atoms. The van der Waals surface area contributed by atoms with E-state index in [9.17, 15) is 4.79 Å². The van der Waals surface area contributed by atoms with Crippen LogP contribution in [-0.2, 0) is 17.8 Å². The molecule has 2 rings (SSSR count). The summed E-state index contributed by atoms with van der Waals surface area (Å²) in [7, 11) is 0. The molecule has 0 bridgehead atoms. The van der Waals surface area contributed by atoms with Crippen LogP contribution in [-0.4, -0.2) is 10.9 Å². The molecule has 0 aliphatic rings. The van der Waals surface area contributed by atoms with Crippen molar-refractivity contribution in [2.24, 2.45) is 0 Å². The first-order valence-electron chi connectivity index (χ1n) is 5.66. The second-order valence-electron chi connectivity index (χ2n) is 4.01. The van der Waals surface area contributed by atoms with Crippen LogP contribution < -0.4 is 11.1 Å². The molecule has 0 aliphatic carbocycles. The third-order valence-electron chi connectivity index (χ3n) is 2.54. The van der Waals surface area contributed by atoms with Gasteiger partial charge in [-0.15, -0.1) is 11.3 Å². The number of rotatable bonds is 4. The Morgan fingerprint density at radius 1 is 1.44 bits per heavy atom. The fourth-order valence-corrected chi connectivity index (χ4v) is 2.22. The Morgan fingerprint density at radius 3 is 2.89 bits per heavy atom.